The van der Waals surface area contributed by atoms with Gasteiger partial charge >= 0.3 is 0 Å². The lowest BCUT2D eigenvalue weighted by molar-refractivity contribution is -0.139. The van der Waals surface area contributed by atoms with Crippen LogP contribution in [-0.4, -0.2) is 57.5 Å². The molecule has 1 amide bonds. The molecule has 0 radical (unpaired) electrons. The minimum absolute atomic E-state index is 0.0127. The van der Waals surface area contributed by atoms with Gasteiger partial charge in [0.2, 0.25) is 5.91 Å². The summed E-state index contributed by atoms with van der Waals surface area (Å²) in [4.78, 5) is 14.7. The van der Waals surface area contributed by atoms with Crippen molar-refractivity contribution in [1.82, 2.24) is 15.1 Å². The lowest BCUT2D eigenvalue weighted by atomic mass is 9.79. The highest BCUT2D eigenvalue weighted by molar-refractivity contribution is 5.80. The predicted molar refractivity (Wildman–Crippen MR) is 81.5 cm³/mol. The number of nitrogens with zero attached hydrogens (tertiary/aromatic N) is 2. The van der Waals surface area contributed by atoms with Crippen LogP contribution in [0.25, 0.3) is 0 Å². The third-order valence-electron chi connectivity index (χ3n) is 5.49. The molecule has 2 N–H and O–H groups in total. The van der Waals surface area contributed by atoms with Gasteiger partial charge in [-0.15, -0.1) is 0 Å². The number of ether oxygens (including phenoxy) is 1. The number of aliphatic hydroxyl groups is 1. The fourth-order valence-corrected chi connectivity index (χ4v) is 4.06. The molecule has 3 atom stereocenters. The summed E-state index contributed by atoms with van der Waals surface area (Å²) in [5.74, 6) is 0.102. The van der Waals surface area contributed by atoms with Crippen LogP contribution < -0.4 is 0 Å². The van der Waals surface area contributed by atoms with Crippen molar-refractivity contribution in [3.8, 4) is 0 Å². The second-order valence-electron chi connectivity index (χ2n) is 6.64. The van der Waals surface area contributed by atoms with Gasteiger partial charge in [-0.3, -0.25) is 9.89 Å². The first-order valence-corrected chi connectivity index (χ1v) is 8.00. The Morgan fingerprint density at radius 2 is 2.27 bits per heavy atom. The van der Waals surface area contributed by atoms with Crippen molar-refractivity contribution in [2.24, 2.45) is 0 Å². The summed E-state index contributed by atoms with van der Waals surface area (Å²) in [5.41, 5.74) is 2.55. The zero-order chi connectivity index (χ0) is 15.9. The minimum Gasteiger partial charge on any atom is -0.393 e. The maximum absolute atomic E-state index is 12.8. The summed E-state index contributed by atoms with van der Waals surface area (Å²) in [6.45, 7) is 4.57. The summed E-state index contributed by atoms with van der Waals surface area (Å²) >= 11 is 0. The molecule has 0 aromatic carbocycles. The highest BCUT2D eigenvalue weighted by atomic mass is 16.5. The molecule has 0 bridgehead atoms. The zero-order valence-corrected chi connectivity index (χ0v) is 13.6. The van der Waals surface area contributed by atoms with Gasteiger partial charge in [0.1, 0.15) is 0 Å². The molecule has 122 valence electrons. The number of aromatic amines is 1. The average Bonchev–Trinajstić information content (AvgIpc) is 3.02. The van der Waals surface area contributed by atoms with Crippen LogP contribution in [0.1, 0.15) is 42.6 Å². The van der Waals surface area contributed by atoms with Crippen LogP contribution >= 0.6 is 0 Å². The first-order valence-electron chi connectivity index (χ1n) is 8.00. The Morgan fingerprint density at radius 1 is 1.50 bits per heavy atom. The molecular formula is C16H25N3O3. The van der Waals surface area contributed by atoms with Crippen molar-refractivity contribution in [3.05, 3.63) is 17.0 Å². The number of carbonyl (C=O) groups is 1. The van der Waals surface area contributed by atoms with E-state index in [1.807, 2.05) is 18.7 Å². The molecular weight excluding hydrogens is 282 g/mol. The third-order valence-corrected chi connectivity index (χ3v) is 5.49. The third kappa shape index (κ3) is 2.44. The van der Waals surface area contributed by atoms with Crippen LogP contribution in [0.15, 0.2) is 0 Å². The topological polar surface area (TPSA) is 78.5 Å². The van der Waals surface area contributed by atoms with Gasteiger partial charge in [0.05, 0.1) is 29.9 Å². The van der Waals surface area contributed by atoms with Crippen LogP contribution in [0.3, 0.4) is 0 Å². The highest BCUT2D eigenvalue weighted by Gasteiger charge is 2.52. The second-order valence-corrected chi connectivity index (χ2v) is 6.64. The molecule has 1 saturated carbocycles. The van der Waals surface area contributed by atoms with Crippen LogP contribution in [0.4, 0.5) is 0 Å². The number of aromatic nitrogens is 2. The van der Waals surface area contributed by atoms with Crippen molar-refractivity contribution in [3.63, 3.8) is 0 Å². The van der Waals surface area contributed by atoms with E-state index in [1.165, 1.54) is 0 Å². The van der Waals surface area contributed by atoms with Gasteiger partial charge in [-0.1, -0.05) is 0 Å². The smallest absolute Gasteiger partial charge is 0.227 e. The number of nitrogens with one attached hydrogen (secondary N) is 1. The summed E-state index contributed by atoms with van der Waals surface area (Å²) in [6.07, 6.45) is 3.08. The van der Waals surface area contributed by atoms with Gasteiger partial charge in [0, 0.05) is 24.9 Å². The molecule has 0 spiro atoms. The molecule has 22 heavy (non-hydrogen) atoms. The van der Waals surface area contributed by atoms with E-state index < -0.39 is 0 Å². The van der Waals surface area contributed by atoms with E-state index in [4.69, 9.17) is 4.74 Å². The van der Waals surface area contributed by atoms with E-state index in [-0.39, 0.29) is 23.7 Å². The molecule has 6 nitrogen and oxygen atoms in total. The van der Waals surface area contributed by atoms with Gasteiger partial charge in [-0.05, 0) is 39.5 Å². The number of hydrogen-bond donors (Lipinski definition) is 2. The highest BCUT2D eigenvalue weighted by Crippen LogP contribution is 2.42. The minimum atomic E-state index is -0.334. The van der Waals surface area contributed by atoms with Crippen LogP contribution in [0.5, 0.6) is 0 Å². The van der Waals surface area contributed by atoms with E-state index in [9.17, 15) is 9.90 Å². The molecule has 2 fully saturated rings. The number of H-pyrrole nitrogens is 1. The van der Waals surface area contributed by atoms with Crippen molar-refractivity contribution < 1.29 is 14.6 Å². The van der Waals surface area contributed by atoms with Gasteiger partial charge < -0.3 is 14.7 Å². The van der Waals surface area contributed by atoms with E-state index in [0.29, 0.717) is 19.4 Å². The Hall–Kier alpha value is -1.40. The average molecular weight is 307 g/mol. The van der Waals surface area contributed by atoms with E-state index >= 15 is 0 Å². The maximum atomic E-state index is 12.8. The summed E-state index contributed by atoms with van der Waals surface area (Å²) < 4.78 is 5.79. The number of rotatable bonds is 3. The maximum Gasteiger partial charge on any atom is 0.227 e. The van der Waals surface area contributed by atoms with E-state index in [0.717, 1.165) is 36.2 Å². The van der Waals surface area contributed by atoms with E-state index in [1.54, 1.807) is 7.11 Å². The van der Waals surface area contributed by atoms with Gasteiger partial charge in [-0.25, -0.2) is 0 Å². The summed E-state index contributed by atoms with van der Waals surface area (Å²) in [6, 6.07) is -0.0127. The first kappa shape index (κ1) is 15.5. The molecule has 1 saturated heterocycles. The number of amides is 1. The lowest BCUT2D eigenvalue weighted by Gasteiger charge is -2.42. The van der Waals surface area contributed by atoms with Gasteiger partial charge in [0.15, 0.2) is 0 Å². The summed E-state index contributed by atoms with van der Waals surface area (Å²) in [7, 11) is 1.73. The molecule has 6 heteroatoms. The number of carbonyl (C=O) groups excluding carboxylic acids is 1. The zero-order valence-electron chi connectivity index (χ0n) is 13.6. The second kappa shape index (κ2) is 5.66. The number of fused-ring (bicyclic) bond motifs is 1. The molecule has 2 aliphatic rings. The molecule has 1 aromatic rings. The number of aryl methyl sites for hydroxylation is 2. The molecule has 3 rings (SSSR count). The van der Waals surface area contributed by atoms with E-state index in [2.05, 4.69) is 10.2 Å². The number of likely N-dealkylation sites (tertiary alicyclic amines) is 1. The normalized spacial score (nSPS) is 31.4. The standard InChI is InChI=1S/C16H25N3O3/c1-10-13(11(2)18-17-10)9-15(21)19-7-6-16(22-3)5-4-12(20)8-14(16)19/h12,14,20H,4-9H2,1-3H3,(H,17,18)/t12-,14+,16-/m1/s1. The molecule has 1 aromatic heterocycles. The Morgan fingerprint density at radius 3 is 2.91 bits per heavy atom. The molecule has 1 aliphatic carbocycles. The monoisotopic (exact) mass is 307 g/mol. The Kier molecular flexibility index (Phi) is 3.99. The van der Waals surface area contributed by atoms with Crippen LogP contribution in [0, 0.1) is 13.8 Å². The van der Waals surface area contributed by atoms with Crippen molar-refractivity contribution in [2.75, 3.05) is 13.7 Å². The fourth-order valence-electron chi connectivity index (χ4n) is 4.06. The molecule has 2 heterocycles. The number of hydrogen-bond acceptors (Lipinski definition) is 4. The SMILES string of the molecule is CO[C@@]12CC[C@@H](O)C[C@@H]1N(C(=O)Cc1c(C)n[nH]c1C)CC2. The first-order chi connectivity index (χ1) is 10.5. The lowest BCUT2D eigenvalue weighted by Crippen LogP contribution is -2.53. The molecule has 0 unspecified atom stereocenters. The Bertz CT molecular complexity index is 551. The predicted octanol–water partition coefficient (Wildman–Crippen LogP) is 1.10. The van der Waals surface area contributed by atoms with Crippen molar-refractivity contribution in [2.45, 2.75) is 63.7 Å². The molecule has 1 aliphatic heterocycles. The van der Waals surface area contributed by atoms with Gasteiger partial charge in [-0.2, -0.15) is 5.10 Å². The van der Waals surface area contributed by atoms with Crippen molar-refractivity contribution >= 4 is 5.91 Å². The van der Waals surface area contributed by atoms with Crippen LogP contribution in [-0.2, 0) is 16.0 Å². The summed E-state index contributed by atoms with van der Waals surface area (Å²) in [5, 5.41) is 17.1. The fraction of sp³-hybridized carbons (Fsp3) is 0.750. The van der Waals surface area contributed by atoms with Crippen LogP contribution in [0.2, 0.25) is 0 Å². The quantitative estimate of drug-likeness (QED) is 0.876. The van der Waals surface area contributed by atoms with Crippen molar-refractivity contribution in [1.29, 1.82) is 0 Å². The Labute approximate surface area is 130 Å². The Balaban J connectivity index is 1.78. The number of methoxy groups -OCH3 is 1. The number of aliphatic hydroxyl groups excluding tert-OH is 1. The van der Waals surface area contributed by atoms with Gasteiger partial charge in [0.25, 0.3) is 0 Å². The largest absolute Gasteiger partial charge is 0.393 e.